The van der Waals surface area contributed by atoms with Gasteiger partial charge in [-0.15, -0.1) is 0 Å². The van der Waals surface area contributed by atoms with E-state index in [0.717, 1.165) is 17.4 Å². The molecule has 0 spiro atoms. The zero-order chi connectivity index (χ0) is 22.6. The number of likely N-dealkylation sites (N-methyl/N-ethyl adjacent to an activating group) is 1. The molecule has 0 aliphatic carbocycles. The minimum atomic E-state index is 0. The van der Waals surface area contributed by atoms with Gasteiger partial charge in [0.1, 0.15) is 12.6 Å². The zero-order valence-electron chi connectivity index (χ0n) is 21.7. The van der Waals surface area contributed by atoms with Gasteiger partial charge >= 0.3 is 0 Å². The van der Waals surface area contributed by atoms with Gasteiger partial charge in [-0.3, -0.25) is 0 Å². The number of rotatable bonds is 21. The van der Waals surface area contributed by atoms with Gasteiger partial charge < -0.3 is 22.0 Å². The largest absolute Gasteiger partial charge is 1.00 e. The fourth-order valence-electron chi connectivity index (χ4n) is 4.77. The van der Waals surface area contributed by atoms with Crippen LogP contribution in [0.5, 0.6) is 0 Å². The van der Waals surface area contributed by atoms with Gasteiger partial charge in [0.15, 0.2) is 0 Å². The maximum absolute atomic E-state index is 9.95. The summed E-state index contributed by atoms with van der Waals surface area (Å²) in [5.41, 5.74) is 1.36. The number of aliphatic hydroxyl groups is 1. The number of halogens is 1. The monoisotopic (exact) mass is 467 g/mol. The fraction of sp³-hybridized carbons (Fsp3) is 0.793. The van der Waals surface area contributed by atoms with Crippen LogP contribution in [0, 0.1) is 0 Å². The quantitative estimate of drug-likeness (QED) is 0.192. The van der Waals surface area contributed by atoms with E-state index in [0.29, 0.717) is 12.6 Å². The molecule has 0 bridgehead atoms. The standard InChI is InChI=1S/C29H54NO.ClH/c1-4-5-6-7-8-9-10-11-12-13-14-15-16-17-18-22-25-29(27-31)30(2,3)26-28-23-20-19-21-24-28;/h19-21,23-24,29,31H,4-18,22,25-27H2,1-3H3;1H/q+1;/p-1. The van der Waals surface area contributed by atoms with Crippen LogP contribution in [-0.2, 0) is 6.54 Å². The summed E-state index contributed by atoms with van der Waals surface area (Å²) < 4.78 is 0.874. The summed E-state index contributed by atoms with van der Waals surface area (Å²) in [6.45, 7) is 3.57. The summed E-state index contributed by atoms with van der Waals surface area (Å²) in [6.07, 6.45) is 23.7. The van der Waals surface area contributed by atoms with Crippen molar-refractivity contribution in [3.05, 3.63) is 35.9 Å². The van der Waals surface area contributed by atoms with Crippen LogP contribution in [0.15, 0.2) is 30.3 Å². The van der Waals surface area contributed by atoms with Crippen molar-refractivity contribution in [3.8, 4) is 0 Å². The van der Waals surface area contributed by atoms with E-state index < -0.39 is 0 Å². The molecule has 0 aliphatic heterocycles. The third-order valence-corrected chi connectivity index (χ3v) is 7.02. The van der Waals surface area contributed by atoms with Crippen molar-refractivity contribution in [2.24, 2.45) is 0 Å². The lowest BCUT2D eigenvalue weighted by atomic mass is 10.0. The maximum Gasteiger partial charge on any atom is 0.112 e. The number of benzene rings is 1. The second-order valence-electron chi connectivity index (χ2n) is 10.4. The number of unbranched alkanes of at least 4 members (excludes halogenated alkanes) is 15. The van der Waals surface area contributed by atoms with Crippen LogP contribution in [0.3, 0.4) is 0 Å². The summed E-state index contributed by atoms with van der Waals surface area (Å²) >= 11 is 0. The van der Waals surface area contributed by atoms with Crippen LogP contribution in [-0.4, -0.2) is 36.3 Å². The molecule has 1 rings (SSSR count). The lowest BCUT2D eigenvalue weighted by Gasteiger charge is -2.37. The minimum absolute atomic E-state index is 0. The summed E-state index contributed by atoms with van der Waals surface area (Å²) in [4.78, 5) is 0. The van der Waals surface area contributed by atoms with Gasteiger partial charge in [0.25, 0.3) is 0 Å². The summed E-state index contributed by atoms with van der Waals surface area (Å²) in [5.74, 6) is 0. The molecule has 0 amide bonds. The van der Waals surface area contributed by atoms with Gasteiger partial charge in [-0.1, -0.05) is 134 Å². The van der Waals surface area contributed by atoms with E-state index in [1.807, 2.05) is 0 Å². The van der Waals surface area contributed by atoms with E-state index in [1.54, 1.807) is 0 Å². The molecule has 0 saturated carbocycles. The topological polar surface area (TPSA) is 20.2 Å². The molecule has 1 N–H and O–H groups in total. The Balaban J connectivity index is 0.00000961. The first-order chi connectivity index (χ1) is 15.1. The van der Waals surface area contributed by atoms with E-state index in [4.69, 9.17) is 0 Å². The maximum atomic E-state index is 9.95. The van der Waals surface area contributed by atoms with Crippen LogP contribution in [0.25, 0.3) is 0 Å². The van der Waals surface area contributed by atoms with Gasteiger partial charge in [-0.05, 0) is 6.42 Å². The highest BCUT2D eigenvalue weighted by Crippen LogP contribution is 2.20. The average Bonchev–Trinajstić information content (AvgIpc) is 2.76. The highest BCUT2D eigenvalue weighted by atomic mass is 35.5. The fourth-order valence-corrected chi connectivity index (χ4v) is 4.77. The Morgan fingerprint density at radius 2 is 1.06 bits per heavy atom. The lowest BCUT2D eigenvalue weighted by Crippen LogP contribution is -3.00. The van der Waals surface area contributed by atoms with Crippen LogP contribution < -0.4 is 12.4 Å². The van der Waals surface area contributed by atoms with E-state index in [2.05, 4.69) is 51.4 Å². The van der Waals surface area contributed by atoms with Crippen molar-refractivity contribution >= 4 is 0 Å². The molecule has 0 aliphatic rings. The van der Waals surface area contributed by atoms with Crippen LogP contribution in [0.2, 0.25) is 0 Å². The van der Waals surface area contributed by atoms with E-state index >= 15 is 0 Å². The first kappa shape index (κ1) is 31.4. The molecule has 0 radical (unpaired) electrons. The Kier molecular flexibility index (Phi) is 20.6. The van der Waals surface area contributed by atoms with Gasteiger partial charge in [0, 0.05) is 12.0 Å². The van der Waals surface area contributed by atoms with Gasteiger partial charge in [0.05, 0.1) is 20.7 Å². The minimum Gasteiger partial charge on any atom is -1.00 e. The SMILES string of the molecule is CCCCCCCCCCCCCCCCCCC(CO)[N+](C)(C)Cc1ccccc1.[Cl-]. The van der Waals surface area contributed by atoms with E-state index in [9.17, 15) is 5.11 Å². The summed E-state index contributed by atoms with van der Waals surface area (Å²) in [7, 11) is 4.53. The smallest absolute Gasteiger partial charge is 0.112 e. The highest BCUT2D eigenvalue weighted by molar-refractivity contribution is 5.13. The molecule has 1 unspecified atom stereocenters. The third kappa shape index (κ3) is 16.1. The van der Waals surface area contributed by atoms with Crippen LogP contribution in [0.1, 0.15) is 122 Å². The molecule has 0 aromatic heterocycles. The van der Waals surface area contributed by atoms with Crippen molar-refractivity contribution in [3.63, 3.8) is 0 Å². The van der Waals surface area contributed by atoms with Gasteiger partial charge in [0.2, 0.25) is 0 Å². The Morgan fingerprint density at radius 3 is 1.47 bits per heavy atom. The van der Waals surface area contributed by atoms with E-state index in [-0.39, 0.29) is 12.4 Å². The Hall–Kier alpha value is -0.570. The highest BCUT2D eigenvalue weighted by Gasteiger charge is 2.27. The molecular weight excluding hydrogens is 414 g/mol. The van der Waals surface area contributed by atoms with E-state index in [1.165, 1.54) is 108 Å². The van der Waals surface area contributed by atoms with Crippen molar-refractivity contribution in [2.75, 3.05) is 20.7 Å². The van der Waals surface area contributed by atoms with Crippen molar-refractivity contribution in [1.29, 1.82) is 0 Å². The predicted molar refractivity (Wildman–Crippen MR) is 137 cm³/mol. The number of hydrogen-bond acceptors (Lipinski definition) is 1. The molecule has 0 saturated heterocycles. The van der Waals surface area contributed by atoms with Crippen LogP contribution >= 0.6 is 0 Å². The summed E-state index contributed by atoms with van der Waals surface area (Å²) in [6, 6.07) is 11.0. The molecule has 1 aromatic carbocycles. The molecule has 1 aromatic rings. The van der Waals surface area contributed by atoms with Gasteiger partial charge in [-0.2, -0.15) is 0 Å². The Morgan fingerprint density at radius 1 is 0.656 bits per heavy atom. The Bertz CT molecular complexity index is 505. The van der Waals surface area contributed by atoms with Crippen molar-refractivity contribution < 1.29 is 22.0 Å². The number of hydrogen-bond donors (Lipinski definition) is 1. The molecular formula is C29H54ClNO. The second-order valence-corrected chi connectivity index (χ2v) is 10.4. The molecule has 0 fully saturated rings. The number of aliphatic hydroxyl groups excluding tert-OH is 1. The second kappa shape index (κ2) is 21.0. The summed E-state index contributed by atoms with van der Waals surface area (Å²) in [5, 5.41) is 9.95. The molecule has 3 heteroatoms. The molecule has 32 heavy (non-hydrogen) atoms. The van der Waals surface area contributed by atoms with Crippen LogP contribution in [0.4, 0.5) is 0 Å². The first-order valence-electron chi connectivity index (χ1n) is 13.6. The molecule has 188 valence electrons. The number of nitrogens with zero attached hydrogens (tertiary/aromatic N) is 1. The average molecular weight is 468 g/mol. The number of quaternary nitrogens is 1. The zero-order valence-corrected chi connectivity index (χ0v) is 22.4. The molecule has 1 atom stereocenters. The normalized spacial score (nSPS) is 12.5. The molecule has 0 heterocycles. The lowest BCUT2D eigenvalue weighted by molar-refractivity contribution is -0.928. The van der Waals surface area contributed by atoms with Crippen molar-refractivity contribution in [1.82, 2.24) is 0 Å². The van der Waals surface area contributed by atoms with Gasteiger partial charge in [-0.25, -0.2) is 0 Å². The molecule has 2 nitrogen and oxygen atoms in total. The first-order valence-corrected chi connectivity index (χ1v) is 13.6. The third-order valence-electron chi connectivity index (χ3n) is 7.02. The van der Waals surface area contributed by atoms with Crippen molar-refractivity contribution in [2.45, 2.75) is 129 Å². The predicted octanol–water partition coefficient (Wildman–Crippen LogP) is 5.28. The Labute approximate surface area is 207 Å².